The summed E-state index contributed by atoms with van der Waals surface area (Å²) < 4.78 is 0.988. The maximum atomic E-state index is 4.33. The van der Waals surface area contributed by atoms with Crippen molar-refractivity contribution in [2.24, 2.45) is 5.10 Å². The third kappa shape index (κ3) is 3.41. The fraction of sp³-hybridized carbons (Fsp3) is 0. The lowest BCUT2D eigenvalue weighted by Gasteiger charge is -2.07. The van der Waals surface area contributed by atoms with Gasteiger partial charge in [0.05, 0.1) is 6.21 Å². The van der Waals surface area contributed by atoms with Gasteiger partial charge in [0.2, 0.25) is 0 Å². The SMILES string of the molecule is Brc1cccc(C=Nn2nnnc2Nc2cccc3ccccc23)c1. The highest BCUT2D eigenvalue weighted by atomic mass is 79.9. The van der Waals surface area contributed by atoms with E-state index in [4.69, 9.17) is 0 Å². The number of aromatic nitrogens is 4. The van der Waals surface area contributed by atoms with Gasteiger partial charge in [-0.1, -0.05) is 74.4 Å². The first-order valence-electron chi connectivity index (χ1n) is 7.63. The van der Waals surface area contributed by atoms with Crippen LogP contribution in [0.2, 0.25) is 0 Å². The summed E-state index contributed by atoms with van der Waals surface area (Å²) in [7, 11) is 0. The number of hydrogen-bond acceptors (Lipinski definition) is 5. The Labute approximate surface area is 152 Å². The molecule has 0 saturated heterocycles. The van der Waals surface area contributed by atoms with E-state index in [0.29, 0.717) is 5.95 Å². The minimum atomic E-state index is 0.447. The molecule has 0 amide bonds. The van der Waals surface area contributed by atoms with Crippen LogP contribution < -0.4 is 5.32 Å². The lowest BCUT2D eigenvalue weighted by molar-refractivity contribution is 0.699. The third-order valence-corrected chi connectivity index (χ3v) is 4.15. The Balaban J connectivity index is 1.63. The van der Waals surface area contributed by atoms with Crippen molar-refractivity contribution < 1.29 is 0 Å². The Kier molecular flexibility index (Phi) is 4.22. The fourth-order valence-corrected chi connectivity index (χ4v) is 2.92. The summed E-state index contributed by atoms with van der Waals surface area (Å²) in [5.74, 6) is 0.447. The molecule has 0 radical (unpaired) electrons. The zero-order chi connectivity index (χ0) is 17.1. The number of nitrogens with one attached hydrogen (secondary N) is 1. The van der Waals surface area contributed by atoms with Gasteiger partial charge in [-0.2, -0.15) is 5.10 Å². The monoisotopic (exact) mass is 392 g/mol. The van der Waals surface area contributed by atoms with Gasteiger partial charge in [-0.05, 0) is 39.6 Å². The summed E-state index contributed by atoms with van der Waals surface area (Å²) >= 11 is 3.44. The van der Waals surface area contributed by atoms with Gasteiger partial charge in [-0.15, -0.1) is 0 Å². The van der Waals surface area contributed by atoms with Crippen LogP contribution in [0.15, 0.2) is 76.3 Å². The lowest BCUT2D eigenvalue weighted by Crippen LogP contribution is -2.01. The van der Waals surface area contributed by atoms with Crippen molar-refractivity contribution in [3.05, 3.63) is 76.8 Å². The van der Waals surface area contributed by atoms with E-state index in [1.54, 1.807) is 6.21 Å². The normalized spacial score (nSPS) is 11.2. The number of hydrogen-bond donors (Lipinski definition) is 1. The van der Waals surface area contributed by atoms with Crippen molar-refractivity contribution in [3.8, 4) is 0 Å². The van der Waals surface area contributed by atoms with E-state index in [9.17, 15) is 0 Å². The van der Waals surface area contributed by atoms with E-state index in [-0.39, 0.29) is 0 Å². The first-order chi connectivity index (χ1) is 12.3. The fourth-order valence-electron chi connectivity index (χ4n) is 2.50. The number of benzene rings is 3. The standard InChI is InChI=1S/C18H13BrN6/c19-15-8-3-5-13(11-15)12-20-25-18(22-23-24-25)21-17-10-4-7-14-6-1-2-9-16(14)17/h1-12H,(H,21,22,24). The average Bonchev–Trinajstić information content (AvgIpc) is 3.07. The Morgan fingerprint density at radius 1 is 1.00 bits per heavy atom. The molecule has 122 valence electrons. The second-order valence-corrected chi connectivity index (χ2v) is 6.26. The van der Waals surface area contributed by atoms with E-state index in [2.05, 4.69) is 60.1 Å². The topological polar surface area (TPSA) is 68.0 Å². The predicted octanol–water partition coefficient (Wildman–Crippen LogP) is 4.21. The van der Waals surface area contributed by atoms with Crippen molar-refractivity contribution in [3.63, 3.8) is 0 Å². The van der Waals surface area contributed by atoms with Crippen LogP contribution in [0, 0.1) is 0 Å². The lowest BCUT2D eigenvalue weighted by atomic mass is 10.1. The molecule has 4 aromatic rings. The van der Waals surface area contributed by atoms with E-state index >= 15 is 0 Å². The highest BCUT2D eigenvalue weighted by Gasteiger charge is 2.07. The van der Waals surface area contributed by atoms with Gasteiger partial charge in [-0.3, -0.25) is 0 Å². The van der Waals surface area contributed by atoms with Crippen LogP contribution in [0.25, 0.3) is 10.8 Å². The highest BCUT2D eigenvalue weighted by molar-refractivity contribution is 9.10. The van der Waals surface area contributed by atoms with Gasteiger partial charge < -0.3 is 5.32 Å². The molecule has 0 spiro atoms. The molecular weight excluding hydrogens is 380 g/mol. The molecule has 0 aliphatic rings. The third-order valence-electron chi connectivity index (χ3n) is 3.65. The molecule has 0 atom stereocenters. The van der Waals surface area contributed by atoms with Crippen LogP contribution in [-0.2, 0) is 0 Å². The van der Waals surface area contributed by atoms with Crippen molar-refractivity contribution >= 4 is 44.6 Å². The van der Waals surface area contributed by atoms with E-state index in [1.807, 2.05) is 48.5 Å². The van der Waals surface area contributed by atoms with E-state index in [0.717, 1.165) is 26.5 Å². The molecule has 1 heterocycles. The van der Waals surface area contributed by atoms with Gasteiger partial charge in [0.1, 0.15) is 0 Å². The first kappa shape index (κ1) is 15.5. The second-order valence-electron chi connectivity index (χ2n) is 5.34. The first-order valence-corrected chi connectivity index (χ1v) is 8.42. The molecule has 1 aromatic heterocycles. The Morgan fingerprint density at radius 3 is 2.76 bits per heavy atom. The minimum Gasteiger partial charge on any atom is -0.321 e. The number of fused-ring (bicyclic) bond motifs is 1. The van der Waals surface area contributed by atoms with Crippen LogP contribution in [0.4, 0.5) is 11.6 Å². The predicted molar refractivity (Wildman–Crippen MR) is 102 cm³/mol. The van der Waals surface area contributed by atoms with Crippen LogP contribution in [0.1, 0.15) is 5.56 Å². The summed E-state index contributed by atoms with van der Waals surface area (Å²) in [5.41, 5.74) is 1.87. The molecule has 0 fully saturated rings. The Bertz CT molecular complexity index is 1050. The molecule has 3 aromatic carbocycles. The van der Waals surface area contributed by atoms with Crippen molar-refractivity contribution in [1.29, 1.82) is 0 Å². The smallest absolute Gasteiger partial charge is 0.269 e. The summed E-state index contributed by atoms with van der Waals surface area (Å²) in [4.78, 5) is 1.36. The van der Waals surface area contributed by atoms with Crippen LogP contribution >= 0.6 is 15.9 Å². The summed E-state index contributed by atoms with van der Waals surface area (Å²) in [6.45, 7) is 0. The van der Waals surface area contributed by atoms with Crippen LogP contribution in [0.3, 0.4) is 0 Å². The molecule has 0 aliphatic heterocycles. The number of halogens is 1. The maximum absolute atomic E-state index is 4.33. The molecule has 0 bridgehead atoms. The summed E-state index contributed by atoms with van der Waals surface area (Å²) in [6, 6.07) is 22.0. The molecule has 7 heteroatoms. The van der Waals surface area contributed by atoms with Crippen molar-refractivity contribution in [2.45, 2.75) is 0 Å². The van der Waals surface area contributed by atoms with Gasteiger partial charge in [0.15, 0.2) is 0 Å². The van der Waals surface area contributed by atoms with Gasteiger partial charge >= 0.3 is 0 Å². The van der Waals surface area contributed by atoms with E-state index in [1.165, 1.54) is 4.79 Å². The molecular formula is C18H13BrN6. The maximum Gasteiger partial charge on any atom is 0.269 e. The zero-order valence-electron chi connectivity index (χ0n) is 13.0. The molecule has 4 rings (SSSR count). The molecule has 0 saturated carbocycles. The summed E-state index contributed by atoms with van der Waals surface area (Å²) in [6.07, 6.45) is 1.70. The molecule has 0 unspecified atom stereocenters. The summed E-state index contributed by atoms with van der Waals surface area (Å²) in [5, 5.41) is 21.4. The number of rotatable bonds is 4. The van der Waals surface area contributed by atoms with Gasteiger partial charge in [-0.25, -0.2) is 0 Å². The number of tetrazole rings is 1. The molecule has 1 N–H and O–H groups in total. The van der Waals surface area contributed by atoms with Crippen LogP contribution in [-0.4, -0.2) is 26.5 Å². The second kappa shape index (κ2) is 6.82. The molecule has 6 nitrogen and oxygen atoms in total. The Hall–Kier alpha value is -3.06. The molecule has 0 aliphatic carbocycles. The Morgan fingerprint density at radius 2 is 1.84 bits per heavy atom. The quantitative estimate of drug-likeness (QED) is 0.528. The zero-order valence-corrected chi connectivity index (χ0v) is 14.6. The van der Waals surface area contributed by atoms with E-state index < -0.39 is 0 Å². The van der Waals surface area contributed by atoms with Crippen molar-refractivity contribution in [1.82, 2.24) is 20.3 Å². The minimum absolute atomic E-state index is 0.447. The van der Waals surface area contributed by atoms with Crippen molar-refractivity contribution in [2.75, 3.05) is 5.32 Å². The largest absolute Gasteiger partial charge is 0.321 e. The van der Waals surface area contributed by atoms with Gasteiger partial charge in [0, 0.05) is 15.5 Å². The highest BCUT2D eigenvalue weighted by Crippen LogP contribution is 2.25. The average molecular weight is 393 g/mol. The molecule has 25 heavy (non-hydrogen) atoms. The van der Waals surface area contributed by atoms with Gasteiger partial charge in [0.25, 0.3) is 5.95 Å². The number of anilines is 2. The van der Waals surface area contributed by atoms with Crippen LogP contribution in [0.5, 0.6) is 0 Å². The number of nitrogens with zero attached hydrogens (tertiary/aromatic N) is 5.